The zero-order chi connectivity index (χ0) is 15.2. The first-order valence-electron chi connectivity index (χ1n) is 6.85. The van der Waals surface area contributed by atoms with E-state index in [0.717, 1.165) is 21.4 Å². The Kier molecular flexibility index (Phi) is 4.82. The summed E-state index contributed by atoms with van der Waals surface area (Å²) in [5.74, 6) is -0.00930. The molecule has 2 heterocycles. The summed E-state index contributed by atoms with van der Waals surface area (Å²) in [5.41, 5.74) is 1.78. The minimum atomic E-state index is -0.00930. The number of thiophene rings is 1. The number of carbonyl (C=O) groups excluding carboxylic acids is 1. The van der Waals surface area contributed by atoms with Crippen molar-refractivity contribution in [2.45, 2.75) is 13.0 Å². The van der Waals surface area contributed by atoms with Crippen molar-refractivity contribution in [3.8, 4) is 0 Å². The van der Waals surface area contributed by atoms with Gasteiger partial charge in [0.25, 0.3) is 0 Å². The topological polar surface area (TPSA) is 54.0 Å². The lowest BCUT2D eigenvalue weighted by Crippen LogP contribution is -2.24. The van der Waals surface area contributed by atoms with Gasteiger partial charge in [-0.25, -0.2) is 4.98 Å². The van der Waals surface area contributed by atoms with Gasteiger partial charge in [0.05, 0.1) is 18.7 Å². The van der Waals surface area contributed by atoms with Crippen LogP contribution in [0.1, 0.15) is 10.6 Å². The maximum atomic E-state index is 11.9. The number of anilines is 2. The summed E-state index contributed by atoms with van der Waals surface area (Å²) in [6, 6.07) is 13.9. The molecule has 0 fully saturated rings. The highest BCUT2D eigenvalue weighted by molar-refractivity contribution is 7.13. The maximum Gasteiger partial charge on any atom is 0.226 e. The van der Waals surface area contributed by atoms with Gasteiger partial charge in [0.15, 0.2) is 5.13 Å². The Morgan fingerprint density at radius 2 is 1.95 bits per heavy atom. The Morgan fingerprint density at radius 3 is 2.73 bits per heavy atom. The molecule has 0 unspecified atom stereocenters. The van der Waals surface area contributed by atoms with Crippen LogP contribution in [-0.4, -0.2) is 10.9 Å². The Balaban J connectivity index is 1.51. The van der Waals surface area contributed by atoms with Gasteiger partial charge in [-0.2, -0.15) is 0 Å². The normalized spacial score (nSPS) is 10.4. The third-order valence-electron chi connectivity index (χ3n) is 2.96. The zero-order valence-corrected chi connectivity index (χ0v) is 13.4. The van der Waals surface area contributed by atoms with Gasteiger partial charge in [-0.05, 0) is 23.6 Å². The van der Waals surface area contributed by atoms with Crippen LogP contribution in [0, 0.1) is 0 Å². The van der Waals surface area contributed by atoms with Gasteiger partial charge in [-0.1, -0.05) is 24.3 Å². The summed E-state index contributed by atoms with van der Waals surface area (Å²) < 4.78 is 0. The van der Waals surface area contributed by atoms with E-state index in [4.69, 9.17) is 0 Å². The van der Waals surface area contributed by atoms with Crippen LogP contribution in [0.3, 0.4) is 0 Å². The molecule has 3 aromatic rings. The van der Waals surface area contributed by atoms with E-state index >= 15 is 0 Å². The molecule has 4 nitrogen and oxygen atoms in total. The third kappa shape index (κ3) is 4.16. The smallest absolute Gasteiger partial charge is 0.226 e. The molecule has 0 radical (unpaired) electrons. The first kappa shape index (κ1) is 14.7. The minimum Gasteiger partial charge on any atom is -0.351 e. The summed E-state index contributed by atoms with van der Waals surface area (Å²) in [7, 11) is 0. The lowest BCUT2D eigenvalue weighted by atomic mass is 10.3. The molecule has 0 saturated carbocycles. The van der Waals surface area contributed by atoms with Crippen LogP contribution in [0.2, 0.25) is 0 Å². The average Bonchev–Trinajstić information content (AvgIpc) is 3.18. The van der Waals surface area contributed by atoms with Gasteiger partial charge in [-0.3, -0.25) is 4.79 Å². The Morgan fingerprint density at radius 1 is 1.09 bits per heavy atom. The molecule has 0 atom stereocenters. The lowest BCUT2D eigenvalue weighted by molar-refractivity contribution is -0.120. The first-order chi connectivity index (χ1) is 10.8. The van der Waals surface area contributed by atoms with Crippen molar-refractivity contribution in [3.05, 3.63) is 63.8 Å². The summed E-state index contributed by atoms with van der Waals surface area (Å²) in [4.78, 5) is 17.5. The summed E-state index contributed by atoms with van der Waals surface area (Å²) in [6.45, 7) is 0.579. The standard InChI is InChI=1S/C16H15N3OS2/c20-15(17-10-14-7-4-8-21-14)9-13-11-22-16(19-13)18-12-5-2-1-3-6-12/h1-8,11H,9-10H2,(H,17,20)(H,18,19). The molecule has 112 valence electrons. The van der Waals surface area contributed by atoms with Crippen LogP contribution in [-0.2, 0) is 17.8 Å². The molecule has 0 aliphatic heterocycles. The van der Waals surface area contributed by atoms with Gasteiger partial charge in [0.2, 0.25) is 5.91 Å². The van der Waals surface area contributed by atoms with Gasteiger partial charge in [-0.15, -0.1) is 22.7 Å². The van der Waals surface area contributed by atoms with Crippen LogP contribution >= 0.6 is 22.7 Å². The number of hydrogen-bond acceptors (Lipinski definition) is 5. The number of benzene rings is 1. The number of rotatable bonds is 6. The van der Waals surface area contributed by atoms with E-state index in [-0.39, 0.29) is 5.91 Å². The van der Waals surface area contributed by atoms with Crippen molar-refractivity contribution < 1.29 is 4.79 Å². The summed E-state index contributed by atoms with van der Waals surface area (Å²) >= 11 is 3.14. The van der Waals surface area contributed by atoms with Gasteiger partial charge in [0, 0.05) is 15.9 Å². The molecule has 6 heteroatoms. The SMILES string of the molecule is O=C(Cc1csc(Nc2ccccc2)n1)NCc1cccs1. The van der Waals surface area contributed by atoms with Crippen molar-refractivity contribution in [3.63, 3.8) is 0 Å². The molecule has 1 amide bonds. The fourth-order valence-corrected chi connectivity index (χ4v) is 3.29. The van der Waals surface area contributed by atoms with Gasteiger partial charge < -0.3 is 10.6 Å². The van der Waals surface area contributed by atoms with E-state index in [1.54, 1.807) is 11.3 Å². The fourth-order valence-electron chi connectivity index (χ4n) is 1.92. The maximum absolute atomic E-state index is 11.9. The zero-order valence-electron chi connectivity index (χ0n) is 11.8. The molecule has 0 bridgehead atoms. The van der Waals surface area contributed by atoms with Crippen molar-refractivity contribution in [1.29, 1.82) is 0 Å². The number of nitrogens with zero attached hydrogens (tertiary/aromatic N) is 1. The number of amides is 1. The highest BCUT2D eigenvalue weighted by Gasteiger charge is 2.08. The monoisotopic (exact) mass is 329 g/mol. The Bertz CT molecular complexity index is 723. The first-order valence-corrected chi connectivity index (χ1v) is 8.61. The summed E-state index contributed by atoms with van der Waals surface area (Å²) in [6.07, 6.45) is 0.304. The van der Waals surface area contributed by atoms with E-state index in [1.807, 2.05) is 53.2 Å². The fraction of sp³-hybridized carbons (Fsp3) is 0.125. The van der Waals surface area contributed by atoms with Crippen LogP contribution in [0.4, 0.5) is 10.8 Å². The van der Waals surface area contributed by atoms with E-state index in [9.17, 15) is 4.79 Å². The minimum absolute atomic E-state index is 0.00930. The molecule has 0 spiro atoms. The number of carbonyl (C=O) groups is 1. The molecule has 2 N–H and O–H groups in total. The van der Waals surface area contributed by atoms with E-state index in [2.05, 4.69) is 15.6 Å². The van der Waals surface area contributed by atoms with E-state index in [0.29, 0.717) is 13.0 Å². The number of aromatic nitrogens is 1. The van der Waals surface area contributed by atoms with Crippen LogP contribution in [0.5, 0.6) is 0 Å². The van der Waals surface area contributed by atoms with Crippen molar-refractivity contribution in [2.24, 2.45) is 0 Å². The van der Waals surface area contributed by atoms with Gasteiger partial charge in [0.1, 0.15) is 0 Å². The molecule has 22 heavy (non-hydrogen) atoms. The predicted molar refractivity (Wildman–Crippen MR) is 91.7 cm³/mol. The van der Waals surface area contributed by atoms with E-state index < -0.39 is 0 Å². The summed E-state index contributed by atoms with van der Waals surface area (Å²) in [5, 5.41) is 10.9. The van der Waals surface area contributed by atoms with E-state index in [1.165, 1.54) is 11.3 Å². The molecule has 0 aliphatic carbocycles. The highest BCUT2D eigenvalue weighted by atomic mass is 32.1. The van der Waals surface area contributed by atoms with Gasteiger partial charge >= 0.3 is 0 Å². The molecule has 0 saturated heterocycles. The molecule has 2 aromatic heterocycles. The number of para-hydroxylation sites is 1. The Labute approximate surface area is 136 Å². The third-order valence-corrected chi connectivity index (χ3v) is 4.64. The van der Waals surface area contributed by atoms with Crippen molar-refractivity contribution in [2.75, 3.05) is 5.32 Å². The number of hydrogen-bond donors (Lipinski definition) is 2. The number of thiazole rings is 1. The molecule has 0 aliphatic rings. The second-order valence-electron chi connectivity index (χ2n) is 4.67. The second-order valence-corrected chi connectivity index (χ2v) is 6.56. The van der Waals surface area contributed by atoms with Crippen molar-refractivity contribution in [1.82, 2.24) is 10.3 Å². The highest BCUT2D eigenvalue weighted by Crippen LogP contribution is 2.20. The molecular weight excluding hydrogens is 314 g/mol. The largest absolute Gasteiger partial charge is 0.351 e. The van der Waals surface area contributed by atoms with Crippen LogP contribution in [0.15, 0.2) is 53.2 Å². The molecular formula is C16H15N3OS2. The second kappa shape index (κ2) is 7.20. The lowest BCUT2D eigenvalue weighted by Gasteiger charge is -2.02. The molecule has 1 aromatic carbocycles. The molecule has 3 rings (SSSR count). The quantitative estimate of drug-likeness (QED) is 0.723. The Hall–Kier alpha value is -2.18. The van der Waals surface area contributed by atoms with Crippen molar-refractivity contribution >= 4 is 39.4 Å². The predicted octanol–water partition coefficient (Wildman–Crippen LogP) is 3.81. The average molecular weight is 329 g/mol. The van der Waals surface area contributed by atoms with Crippen LogP contribution < -0.4 is 10.6 Å². The van der Waals surface area contributed by atoms with Crippen LogP contribution in [0.25, 0.3) is 0 Å². The number of nitrogens with one attached hydrogen (secondary N) is 2.